The summed E-state index contributed by atoms with van der Waals surface area (Å²) in [5.74, 6) is -0.0684. The van der Waals surface area contributed by atoms with E-state index in [-0.39, 0.29) is 16.8 Å². The normalized spacial score (nSPS) is 25.1. The molecule has 1 aliphatic rings. The smallest absolute Gasteiger partial charge is 0.128 e. The van der Waals surface area contributed by atoms with Crippen LogP contribution >= 0.6 is 0 Å². The Hall–Kier alpha value is -0.890. The predicted octanol–water partition coefficient (Wildman–Crippen LogP) is 4.62. The van der Waals surface area contributed by atoms with Crippen molar-refractivity contribution < 1.29 is 4.39 Å². The van der Waals surface area contributed by atoms with Gasteiger partial charge in [0.15, 0.2) is 0 Å². The van der Waals surface area contributed by atoms with Crippen LogP contribution in [-0.4, -0.2) is 6.54 Å². The Morgan fingerprint density at radius 3 is 2.58 bits per heavy atom. The van der Waals surface area contributed by atoms with E-state index >= 15 is 0 Å². The van der Waals surface area contributed by atoms with E-state index in [1.165, 1.54) is 19.3 Å². The van der Waals surface area contributed by atoms with Crippen LogP contribution < -0.4 is 5.32 Å². The Morgan fingerprint density at radius 1 is 1.16 bits per heavy atom. The van der Waals surface area contributed by atoms with Gasteiger partial charge < -0.3 is 5.32 Å². The molecule has 0 spiro atoms. The Bertz CT molecular complexity index is 412. The van der Waals surface area contributed by atoms with Gasteiger partial charge in [-0.25, -0.2) is 4.39 Å². The molecule has 2 rings (SSSR count). The van der Waals surface area contributed by atoms with Crippen LogP contribution in [0.25, 0.3) is 0 Å². The molecule has 1 atom stereocenters. The van der Waals surface area contributed by atoms with Crippen molar-refractivity contribution in [2.45, 2.75) is 58.4 Å². The molecule has 19 heavy (non-hydrogen) atoms. The summed E-state index contributed by atoms with van der Waals surface area (Å²) in [7, 11) is 0. The number of benzene rings is 1. The lowest BCUT2D eigenvalue weighted by atomic mass is 9.73. The second kappa shape index (κ2) is 5.62. The standard InChI is InChI=1S/C17H26FN/c1-16(2,3)13-17(11-7-4-8-12-19-17)14-9-5-6-10-15(14)18/h5-6,9-10,19H,4,7-8,11-13H2,1-3H3. The molecule has 1 saturated heterocycles. The van der Waals surface area contributed by atoms with E-state index in [9.17, 15) is 4.39 Å². The molecule has 0 aromatic heterocycles. The number of nitrogens with one attached hydrogen (secondary N) is 1. The zero-order valence-corrected chi connectivity index (χ0v) is 12.4. The molecule has 0 amide bonds. The van der Waals surface area contributed by atoms with E-state index in [0.29, 0.717) is 0 Å². The highest BCUT2D eigenvalue weighted by atomic mass is 19.1. The Balaban J connectivity index is 2.41. The highest BCUT2D eigenvalue weighted by molar-refractivity contribution is 5.27. The van der Waals surface area contributed by atoms with E-state index < -0.39 is 0 Å². The minimum atomic E-state index is -0.194. The summed E-state index contributed by atoms with van der Waals surface area (Å²) in [6, 6.07) is 7.28. The monoisotopic (exact) mass is 263 g/mol. The maximum absolute atomic E-state index is 14.3. The summed E-state index contributed by atoms with van der Waals surface area (Å²) < 4.78 is 14.3. The Kier molecular flexibility index (Phi) is 4.29. The van der Waals surface area contributed by atoms with Gasteiger partial charge in [0.05, 0.1) is 0 Å². The average Bonchev–Trinajstić information content (AvgIpc) is 2.54. The molecule has 1 aromatic rings. The fourth-order valence-corrected chi connectivity index (χ4v) is 3.38. The van der Waals surface area contributed by atoms with Gasteiger partial charge in [-0.05, 0) is 37.3 Å². The van der Waals surface area contributed by atoms with Crippen LogP contribution in [0.2, 0.25) is 0 Å². The number of hydrogen-bond donors (Lipinski definition) is 1. The highest BCUT2D eigenvalue weighted by Crippen LogP contribution is 2.40. The van der Waals surface area contributed by atoms with Crippen molar-refractivity contribution in [3.63, 3.8) is 0 Å². The number of hydrogen-bond acceptors (Lipinski definition) is 1. The molecule has 1 fully saturated rings. The third-order valence-electron chi connectivity index (χ3n) is 3.97. The van der Waals surface area contributed by atoms with Crippen LogP contribution in [0, 0.1) is 11.2 Å². The largest absolute Gasteiger partial charge is 0.307 e. The van der Waals surface area contributed by atoms with E-state index in [2.05, 4.69) is 26.1 Å². The first-order valence-corrected chi connectivity index (χ1v) is 7.43. The predicted molar refractivity (Wildman–Crippen MR) is 78.6 cm³/mol. The first kappa shape index (κ1) is 14.5. The molecular weight excluding hydrogens is 237 g/mol. The third kappa shape index (κ3) is 3.56. The summed E-state index contributed by atoms with van der Waals surface area (Å²) in [6.45, 7) is 7.71. The van der Waals surface area contributed by atoms with Gasteiger partial charge in [0.1, 0.15) is 5.82 Å². The molecule has 1 aliphatic heterocycles. The summed E-state index contributed by atoms with van der Waals surface area (Å²) in [6.07, 6.45) is 5.62. The van der Waals surface area contributed by atoms with Crippen molar-refractivity contribution in [3.05, 3.63) is 35.6 Å². The lowest BCUT2D eigenvalue weighted by molar-refractivity contribution is 0.197. The molecule has 2 heteroatoms. The lowest BCUT2D eigenvalue weighted by Gasteiger charge is -2.40. The van der Waals surface area contributed by atoms with E-state index in [0.717, 1.165) is 24.9 Å². The molecule has 0 saturated carbocycles. The van der Waals surface area contributed by atoms with Crippen molar-refractivity contribution >= 4 is 0 Å². The Morgan fingerprint density at radius 2 is 1.89 bits per heavy atom. The van der Waals surface area contributed by atoms with E-state index in [4.69, 9.17) is 0 Å². The van der Waals surface area contributed by atoms with Crippen LogP contribution in [0.15, 0.2) is 24.3 Å². The molecule has 1 heterocycles. The van der Waals surface area contributed by atoms with Crippen LogP contribution in [0.5, 0.6) is 0 Å². The number of rotatable bonds is 2. The fourth-order valence-electron chi connectivity index (χ4n) is 3.38. The van der Waals surface area contributed by atoms with Gasteiger partial charge in [0.2, 0.25) is 0 Å². The lowest BCUT2D eigenvalue weighted by Crippen LogP contribution is -2.45. The van der Waals surface area contributed by atoms with Crippen molar-refractivity contribution in [3.8, 4) is 0 Å². The maximum atomic E-state index is 14.3. The van der Waals surface area contributed by atoms with Crippen molar-refractivity contribution in [1.82, 2.24) is 5.32 Å². The zero-order valence-electron chi connectivity index (χ0n) is 12.4. The molecule has 1 unspecified atom stereocenters. The second-order valence-electron chi connectivity index (χ2n) is 7.04. The van der Waals surface area contributed by atoms with Crippen LogP contribution in [0.4, 0.5) is 4.39 Å². The molecule has 1 N–H and O–H groups in total. The second-order valence-corrected chi connectivity index (χ2v) is 7.04. The summed E-state index contributed by atoms with van der Waals surface area (Å²) in [5.41, 5.74) is 0.839. The van der Waals surface area contributed by atoms with Gasteiger partial charge in [0, 0.05) is 11.1 Å². The van der Waals surface area contributed by atoms with Gasteiger partial charge in [0.25, 0.3) is 0 Å². The number of halogens is 1. The quantitative estimate of drug-likeness (QED) is 0.821. The van der Waals surface area contributed by atoms with Crippen LogP contribution in [-0.2, 0) is 5.54 Å². The molecule has 0 radical (unpaired) electrons. The summed E-state index contributed by atoms with van der Waals surface area (Å²) >= 11 is 0. The highest BCUT2D eigenvalue weighted by Gasteiger charge is 2.38. The van der Waals surface area contributed by atoms with Gasteiger partial charge in [-0.3, -0.25) is 0 Å². The van der Waals surface area contributed by atoms with Gasteiger partial charge in [-0.1, -0.05) is 51.8 Å². The Labute approximate surface area is 116 Å². The molecule has 0 aliphatic carbocycles. The average molecular weight is 263 g/mol. The minimum Gasteiger partial charge on any atom is -0.307 e. The third-order valence-corrected chi connectivity index (χ3v) is 3.97. The van der Waals surface area contributed by atoms with E-state index in [1.807, 2.05) is 12.1 Å². The SMILES string of the molecule is CC(C)(C)CC1(c2ccccc2F)CCCCCN1. The molecule has 0 bridgehead atoms. The van der Waals surface area contributed by atoms with Crippen molar-refractivity contribution in [2.24, 2.45) is 5.41 Å². The van der Waals surface area contributed by atoms with Crippen LogP contribution in [0.3, 0.4) is 0 Å². The molecule has 106 valence electrons. The van der Waals surface area contributed by atoms with Crippen molar-refractivity contribution in [1.29, 1.82) is 0 Å². The molecular formula is C17H26FN. The van der Waals surface area contributed by atoms with Crippen LogP contribution in [0.1, 0.15) is 58.4 Å². The molecule has 1 aromatic carbocycles. The zero-order chi connectivity index (χ0) is 13.9. The van der Waals surface area contributed by atoms with Gasteiger partial charge in [-0.15, -0.1) is 0 Å². The molecule has 1 nitrogen and oxygen atoms in total. The van der Waals surface area contributed by atoms with E-state index in [1.54, 1.807) is 12.1 Å². The van der Waals surface area contributed by atoms with Gasteiger partial charge >= 0.3 is 0 Å². The maximum Gasteiger partial charge on any atom is 0.128 e. The minimum absolute atomic E-state index is 0.0684. The summed E-state index contributed by atoms with van der Waals surface area (Å²) in [5, 5.41) is 3.67. The fraction of sp³-hybridized carbons (Fsp3) is 0.647. The topological polar surface area (TPSA) is 12.0 Å². The van der Waals surface area contributed by atoms with Gasteiger partial charge in [-0.2, -0.15) is 0 Å². The summed E-state index contributed by atoms with van der Waals surface area (Å²) in [4.78, 5) is 0. The first-order chi connectivity index (χ1) is 8.93. The van der Waals surface area contributed by atoms with Crippen molar-refractivity contribution in [2.75, 3.05) is 6.54 Å². The first-order valence-electron chi connectivity index (χ1n) is 7.43.